The van der Waals surface area contributed by atoms with Crippen LogP contribution in [0.2, 0.25) is 0 Å². The van der Waals surface area contributed by atoms with E-state index in [0.29, 0.717) is 41.8 Å². The fraction of sp³-hybridized carbons (Fsp3) is 0.273. The van der Waals surface area contributed by atoms with Crippen LogP contribution in [0.15, 0.2) is 43.0 Å². The zero-order valence-electron chi connectivity index (χ0n) is 18.8. The Morgan fingerprint density at radius 2 is 1.94 bits per heavy atom. The number of pyridine rings is 1. The van der Waals surface area contributed by atoms with Gasteiger partial charge in [-0.05, 0) is 30.2 Å². The fourth-order valence-corrected chi connectivity index (χ4v) is 3.81. The number of carbonyl (C=O) groups excluding carboxylic acids is 1. The van der Waals surface area contributed by atoms with Gasteiger partial charge in [0, 0.05) is 51.3 Å². The summed E-state index contributed by atoms with van der Waals surface area (Å²) in [5.74, 6) is 0.897. The summed E-state index contributed by atoms with van der Waals surface area (Å²) >= 11 is 0. The minimum atomic E-state index is -4.55. The molecule has 0 atom stereocenters. The van der Waals surface area contributed by atoms with Gasteiger partial charge in [0.1, 0.15) is 17.2 Å². The second kappa shape index (κ2) is 8.49. The molecule has 5 heterocycles. The van der Waals surface area contributed by atoms with Crippen molar-refractivity contribution in [3.63, 3.8) is 0 Å². The summed E-state index contributed by atoms with van der Waals surface area (Å²) in [6.07, 6.45) is 1.61. The van der Waals surface area contributed by atoms with Crippen molar-refractivity contribution in [2.75, 3.05) is 11.9 Å². The van der Waals surface area contributed by atoms with E-state index in [1.807, 2.05) is 6.92 Å². The second-order valence-electron chi connectivity index (χ2n) is 8.11. The number of hydrogen-bond acceptors (Lipinski definition) is 7. The number of imidazole rings is 1. The molecule has 1 amide bonds. The number of carbonyl (C=O) groups is 1. The number of nitrogens with one attached hydrogen (secondary N) is 1. The Morgan fingerprint density at radius 3 is 2.69 bits per heavy atom. The van der Waals surface area contributed by atoms with E-state index in [2.05, 4.69) is 30.4 Å². The predicted octanol–water partition coefficient (Wildman–Crippen LogP) is 3.20. The molecule has 10 nitrogen and oxygen atoms in total. The van der Waals surface area contributed by atoms with E-state index >= 15 is 0 Å². The van der Waals surface area contributed by atoms with E-state index in [4.69, 9.17) is 0 Å². The van der Waals surface area contributed by atoms with Crippen LogP contribution in [0.3, 0.4) is 0 Å². The molecule has 0 saturated carbocycles. The Balaban J connectivity index is 1.39. The number of aromatic nitrogens is 7. The maximum absolute atomic E-state index is 13.1. The van der Waals surface area contributed by atoms with Crippen LogP contribution in [0.25, 0.3) is 11.4 Å². The highest BCUT2D eigenvalue weighted by molar-refractivity contribution is 5.92. The Morgan fingerprint density at radius 1 is 1.11 bits per heavy atom. The first-order valence-electron chi connectivity index (χ1n) is 10.7. The zero-order chi connectivity index (χ0) is 24.7. The van der Waals surface area contributed by atoms with Crippen molar-refractivity contribution in [3.8, 4) is 11.4 Å². The van der Waals surface area contributed by atoms with Crippen molar-refractivity contribution in [1.82, 2.24) is 39.2 Å². The van der Waals surface area contributed by atoms with Crippen molar-refractivity contribution in [2.45, 2.75) is 26.2 Å². The molecule has 180 valence electrons. The van der Waals surface area contributed by atoms with E-state index in [1.54, 1.807) is 41.0 Å². The molecule has 1 N–H and O–H groups in total. The molecule has 1 aliphatic heterocycles. The molecule has 1 aliphatic rings. The van der Waals surface area contributed by atoms with Gasteiger partial charge in [-0.1, -0.05) is 0 Å². The quantitative estimate of drug-likeness (QED) is 0.465. The van der Waals surface area contributed by atoms with Crippen LogP contribution in [0.5, 0.6) is 0 Å². The SMILES string of the molecule is Cc1cnc(Nc2ccnn2C)nc1-c1cn2c(n1)C(=O)N(Cc1ccnc(C(F)(F)F)c1)CC2. The number of nitrogens with zero attached hydrogens (tertiary/aromatic N) is 8. The number of rotatable bonds is 5. The summed E-state index contributed by atoms with van der Waals surface area (Å²) in [5.41, 5.74) is 1.20. The lowest BCUT2D eigenvalue weighted by Crippen LogP contribution is -2.39. The van der Waals surface area contributed by atoms with E-state index in [9.17, 15) is 18.0 Å². The van der Waals surface area contributed by atoms with Crippen LogP contribution >= 0.6 is 0 Å². The number of aryl methyl sites for hydroxylation is 2. The van der Waals surface area contributed by atoms with E-state index < -0.39 is 11.9 Å². The van der Waals surface area contributed by atoms with Gasteiger partial charge >= 0.3 is 6.18 Å². The molecule has 35 heavy (non-hydrogen) atoms. The van der Waals surface area contributed by atoms with Gasteiger partial charge in [0.2, 0.25) is 5.95 Å². The molecule has 0 bridgehead atoms. The summed E-state index contributed by atoms with van der Waals surface area (Å²) in [5, 5.41) is 7.19. The largest absolute Gasteiger partial charge is 0.433 e. The Kier molecular flexibility index (Phi) is 5.46. The summed E-state index contributed by atoms with van der Waals surface area (Å²) in [7, 11) is 1.79. The molecule has 0 saturated heterocycles. The predicted molar refractivity (Wildman–Crippen MR) is 118 cm³/mol. The van der Waals surface area contributed by atoms with Gasteiger partial charge in [-0.25, -0.2) is 15.0 Å². The summed E-state index contributed by atoms with van der Waals surface area (Å²) < 4.78 is 42.4. The molecule has 0 unspecified atom stereocenters. The van der Waals surface area contributed by atoms with Crippen LogP contribution in [-0.4, -0.2) is 51.6 Å². The van der Waals surface area contributed by atoms with Gasteiger partial charge in [-0.3, -0.25) is 14.5 Å². The molecule has 0 spiro atoms. The molecule has 0 fully saturated rings. The zero-order valence-corrected chi connectivity index (χ0v) is 18.8. The van der Waals surface area contributed by atoms with E-state index in [-0.39, 0.29) is 18.3 Å². The first-order chi connectivity index (χ1) is 16.7. The average Bonchev–Trinajstić information content (AvgIpc) is 3.43. The molecule has 0 radical (unpaired) electrons. The van der Waals surface area contributed by atoms with Gasteiger partial charge < -0.3 is 14.8 Å². The lowest BCUT2D eigenvalue weighted by Gasteiger charge is -2.27. The Bertz CT molecular complexity index is 1410. The topological polar surface area (TPSA) is 107 Å². The molecule has 0 aromatic carbocycles. The minimum Gasteiger partial charge on any atom is -0.330 e. The maximum atomic E-state index is 13.1. The van der Waals surface area contributed by atoms with Crippen LogP contribution in [-0.2, 0) is 26.3 Å². The summed E-state index contributed by atoms with van der Waals surface area (Å²) in [4.78, 5) is 31.3. The highest BCUT2D eigenvalue weighted by atomic mass is 19.4. The van der Waals surface area contributed by atoms with E-state index in [1.165, 1.54) is 11.0 Å². The number of amides is 1. The Hall–Kier alpha value is -4.29. The van der Waals surface area contributed by atoms with Gasteiger partial charge in [0.25, 0.3) is 5.91 Å². The van der Waals surface area contributed by atoms with Crippen LogP contribution in [0.1, 0.15) is 27.4 Å². The number of anilines is 2. The third kappa shape index (κ3) is 4.44. The molecular formula is C22H20F3N9O. The van der Waals surface area contributed by atoms with Gasteiger partial charge in [0.05, 0.1) is 11.9 Å². The van der Waals surface area contributed by atoms with Gasteiger partial charge in [-0.15, -0.1) is 0 Å². The fourth-order valence-electron chi connectivity index (χ4n) is 3.81. The van der Waals surface area contributed by atoms with Crippen molar-refractivity contribution >= 4 is 17.7 Å². The third-order valence-corrected chi connectivity index (χ3v) is 5.63. The summed E-state index contributed by atoms with van der Waals surface area (Å²) in [6.45, 7) is 2.66. The van der Waals surface area contributed by atoms with Crippen LogP contribution in [0, 0.1) is 6.92 Å². The first kappa shape index (κ1) is 22.5. The van der Waals surface area contributed by atoms with Crippen molar-refractivity contribution in [2.24, 2.45) is 7.05 Å². The highest BCUT2D eigenvalue weighted by Gasteiger charge is 2.33. The third-order valence-electron chi connectivity index (χ3n) is 5.63. The smallest absolute Gasteiger partial charge is 0.330 e. The number of fused-ring (bicyclic) bond motifs is 1. The number of halogens is 3. The summed E-state index contributed by atoms with van der Waals surface area (Å²) in [6, 6.07) is 4.21. The normalized spacial score (nSPS) is 13.7. The first-order valence-corrected chi connectivity index (χ1v) is 10.7. The standard InChI is InChI=1S/C22H20F3N9O/c1-13-10-27-21(30-17-4-6-28-32(17)2)31-18(13)15-12-33-7-8-34(20(35)19(33)29-15)11-14-3-5-26-16(9-14)22(23,24)25/h3-6,9-10,12H,7-8,11H2,1-2H3,(H,27,30,31). The van der Waals surface area contributed by atoms with Crippen LogP contribution < -0.4 is 5.32 Å². The monoisotopic (exact) mass is 483 g/mol. The molecule has 4 aromatic rings. The van der Waals surface area contributed by atoms with Crippen molar-refractivity contribution in [3.05, 3.63) is 65.6 Å². The lowest BCUT2D eigenvalue weighted by atomic mass is 10.2. The van der Waals surface area contributed by atoms with Gasteiger partial charge in [-0.2, -0.15) is 18.3 Å². The van der Waals surface area contributed by atoms with Crippen LogP contribution in [0.4, 0.5) is 24.9 Å². The molecule has 13 heteroatoms. The molecule has 0 aliphatic carbocycles. The lowest BCUT2D eigenvalue weighted by molar-refractivity contribution is -0.141. The Labute approximate surface area is 197 Å². The molecular weight excluding hydrogens is 463 g/mol. The van der Waals surface area contributed by atoms with Crippen molar-refractivity contribution < 1.29 is 18.0 Å². The highest BCUT2D eigenvalue weighted by Crippen LogP contribution is 2.29. The number of hydrogen-bond donors (Lipinski definition) is 1. The number of alkyl halides is 3. The maximum Gasteiger partial charge on any atom is 0.433 e. The average molecular weight is 483 g/mol. The molecule has 5 rings (SSSR count). The molecule has 4 aromatic heterocycles. The van der Waals surface area contributed by atoms with E-state index in [0.717, 1.165) is 17.8 Å². The van der Waals surface area contributed by atoms with Crippen molar-refractivity contribution in [1.29, 1.82) is 0 Å². The minimum absolute atomic E-state index is 0.0257. The second-order valence-corrected chi connectivity index (χ2v) is 8.11. The van der Waals surface area contributed by atoms with Gasteiger partial charge in [0.15, 0.2) is 5.82 Å².